The van der Waals surface area contributed by atoms with Crippen molar-refractivity contribution < 1.29 is 28.9 Å². The molecule has 9 atom stereocenters. The van der Waals surface area contributed by atoms with Crippen LogP contribution in [0.3, 0.4) is 0 Å². The summed E-state index contributed by atoms with van der Waals surface area (Å²) in [6, 6.07) is 1.91. The molecule has 0 radical (unpaired) electrons. The molecular formula is C19H26ClNO4. The standard InChI is InChI=1S/C19H23N.ClH3O4/c1-2-9-20-13(5-1)14-10-4-3-8-19-11-6-7-12(19)16(15(11)14)18(20)17(10)19;2-1(3,4)5/h3-4,8,11-18H,1-2,5-7,9H2;2-4H. The van der Waals surface area contributed by atoms with E-state index in [1.165, 1.54) is 25.8 Å². The Bertz CT molecular complexity index is 673. The van der Waals surface area contributed by atoms with Gasteiger partial charge in [-0.25, -0.2) is 0 Å². The first kappa shape index (κ1) is 15.6. The number of rotatable bonds is 0. The van der Waals surface area contributed by atoms with Crippen LogP contribution in [0.25, 0.3) is 0 Å². The minimum atomic E-state index is -4.19. The van der Waals surface area contributed by atoms with Crippen molar-refractivity contribution in [2.45, 2.75) is 44.2 Å². The molecule has 9 unspecified atom stereocenters. The molecule has 3 N–H and O–H groups in total. The first-order chi connectivity index (χ1) is 11.9. The number of hydrogen-bond donors (Lipinski definition) is 3. The zero-order valence-corrected chi connectivity index (χ0v) is 14.9. The Morgan fingerprint density at radius 1 is 1.08 bits per heavy atom. The molecule has 9 rings (SSSR count). The molecule has 0 aromatic rings. The topological polar surface area (TPSA) is 87.0 Å². The Morgan fingerprint density at radius 3 is 2.56 bits per heavy atom. The summed E-state index contributed by atoms with van der Waals surface area (Å²) in [5.41, 5.74) is 2.59. The van der Waals surface area contributed by atoms with Crippen molar-refractivity contribution in [1.82, 2.24) is 4.90 Å². The summed E-state index contributed by atoms with van der Waals surface area (Å²) in [6.07, 6.45) is 15.3. The predicted octanol–water partition coefficient (Wildman–Crippen LogP) is 0.378. The Labute approximate surface area is 149 Å². The van der Waals surface area contributed by atoms with Gasteiger partial charge >= 0.3 is 28.9 Å². The van der Waals surface area contributed by atoms with Crippen LogP contribution in [0.2, 0.25) is 0 Å². The molecule has 9 aliphatic rings. The van der Waals surface area contributed by atoms with Gasteiger partial charge in [-0.05, 0) is 61.8 Å². The number of nitrogens with zero attached hydrogens (tertiary/aromatic N) is 1. The number of piperidine rings is 3. The second-order valence-electron chi connectivity index (χ2n) is 9.20. The maximum absolute atomic E-state index is 8.83. The molecule has 0 amide bonds. The van der Waals surface area contributed by atoms with Gasteiger partial charge in [-0.1, -0.05) is 30.2 Å². The molecule has 138 valence electrons. The van der Waals surface area contributed by atoms with Crippen LogP contribution in [0.15, 0.2) is 23.8 Å². The molecule has 5 saturated carbocycles. The van der Waals surface area contributed by atoms with Gasteiger partial charge in [0.2, 0.25) is 0 Å². The van der Waals surface area contributed by atoms with E-state index in [0.717, 1.165) is 47.6 Å². The summed E-state index contributed by atoms with van der Waals surface area (Å²) < 4.78 is 30.2. The van der Waals surface area contributed by atoms with E-state index in [-0.39, 0.29) is 0 Å². The quantitative estimate of drug-likeness (QED) is 0.576. The molecule has 0 aromatic carbocycles. The average molecular weight is 368 g/mol. The zero-order valence-electron chi connectivity index (χ0n) is 14.2. The van der Waals surface area contributed by atoms with Crippen molar-refractivity contribution in [1.29, 1.82) is 0 Å². The minimum absolute atomic E-state index is 0.656. The van der Waals surface area contributed by atoms with Gasteiger partial charge in [-0.2, -0.15) is 0 Å². The molecule has 9 bridgehead atoms. The third-order valence-corrected chi connectivity index (χ3v) is 8.94. The van der Waals surface area contributed by atoms with Crippen LogP contribution in [0.4, 0.5) is 0 Å². The van der Waals surface area contributed by atoms with E-state index in [0.29, 0.717) is 5.41 Å². The Hall–Kier alpha value is -0.430. The summed E-state index contributed by atoms with van der Waals surface area (Å²) in [6.45, 7) is 1.43. The van der Waals surface area contributed by atoms with E-state index < -0.39 is 10.2 Å². The summed E-state index contributed by atoms with van der Waals surface area (Å²) in [4.78, 5) is 3.03. The Kier molecular flexibility index (Phi) is 2.93. The number of hydrogen-bond acceptors (Lipinski definition) is 5. The molecule has 5 nitrogen and oxygen atoms in total. The molecule has 1 spiro atoms. The van der Waals surface area contributed by atoms with Crippen molar-refractivity contribution in [2.24, 2.45) is 40.9 Å². The summed E-state index contributed by atoms with van der Waals surface area (Å²) in [7, 11) is -4.19. The van der Waals surface area contributed by atoms with E-state index in [9.17, 15) is 0 Å². The van der Waals surface area contributed by atoms with Crippen molar-refractivity contribution in [2.75, 3.05) is 6.54 Å². The van der Waals surface area contributed by atoms with Crippen molar-refractivity contribution in [3.63, 3.8) is 0 Å². The van der Waals surface area contributed by atoms with Gasteiger partial charge in [0.25, 0.3) is 0 Å². The van der Waals surface area contributed by atoms with Crippen molar-refractivity contribution >= 4 is 0 Å². The molecule has 0 aromatic heterocycles. The number of allylic oxidation sites excluding steroid dienone is 3. The van der Waals surface area contributed by atoms with E-state index in [4.69, 9.17) is 18.6 Å². The Balaban J connectivity index is 0.000000231. The van der Waals surface area contributed by atoms with Gasteiger partial charge < -0.3 is 0 Å². The first-order valence-electron chi connectivity index (χ1n) is 9.74. The van der Waals surface area contributed by atoms with Crippen LogP contribution in [0, 0.1) is 51.2 Å². The van der Waals surface area contributed by atoms with E-state index in [1.54, 1.807) is 12.8 Å². The fourth-order valence-electron chi connectivity index (χ4n) is 9.09. The maximum atomic E-state index is 8.83. The van der Waals surface area contributed by atoms with Crippen LogP contribution in [-0.2, 0) is 0 Å². The van der Waals surface area contributed by atoms with Crippen molar-refractivity contribution in [3.8, 4) is 0 Å². The fourth-order valence-corrected chi connectivity index (χ4v) is 9.09. The van der Waals surface area contributed by atoms with E-state index >= 15 is 0 Å². The molecule has 25 heavy (non-hydrogen) atoms. The third-order valence-electron chi connectivity index (χ3n) is 8.94. The molecule has 6 heteroatoms. The summed E-state index contributed by atoms with van der Waals surface area (Å²) in [5, 5.41) is 0. The molecule has 3 saturated heterocycles. The van der Waals surface area contributed by atoms with Crippen LogP contribution in [-0.4, -0.2) is 37.5 Å². The SMILES string of the molecule is C1=CC23C4CCC2C2C4C4C(=C1)C3C2N1CCCCC41.[O-][Cl+](O)(O)O. The summed E-state index contributed by atoms with van der Waals surface area (Å²) in [5.74, 6) is 6.28. The molecule has 6 aliphatic carbocycles. The number of halogens is 1. The van der Waals surface area contributed by atoms with Gasteiger partial charge in [0, 0.05) is 23.4 Å². The van der Waals surface area contributed by atoms with Crippen LogP contribution in [0.1, 0.15) is 32.1 Å². The average Bonchev–Trinajstić information content (AvgIpc) is 3.14. The predicted molar refractivity (Wildman–Crippen MR) is 84.6 cm³/mol. The van der Waals surface area contributed by atoms with Crippen LogP contribution < -0.4 is 4.66 Å². The molecule has 3 aliphatic heterocycles. The molecular weight excluding hydrogens is 342 g/mol. The second-order valence-corrected chi connectivity index (χ2v) is 10.1. The van der Waals surface area contributed by atoms with E-state index in [1.807, 2.05) is 5.57 Å². The normalized spacial score (nSPS) is 56.6. The zero-order chi connectivity index (χ0) is 17.1. The van der Waals surface area contributed by atoms with Crippen LogP contribution in [0.5, 0.6) is 0 Å². The van der Waals surface area contributed by atoms with Gasteiger partial charge in [-0.3, -0.25) is 4.90 Å². The fraction of sp³-hybridized carbons (Fsp3) is 0.789. The molecule has 3 heterocycles. The van der Waals surface area contributed by atoms with Gasteiger partial charge in [-0.15, -0.1) is 0 Å². The van der Waals surface area contributed by atoms with Gasteiger partial charge in [0.05, 0.1) is 0 Å². The first-order valence-corrected chi connectivity index (χ1v) is 11.1. The van der Waals surface area contributed by atoms with E-state index in [2.05, 4.69) is 23.1 Å². The van der Waals surface area contributed by atoms with Crippen LogP contribution >= 0.6 is 0 Å². The second kappa shape index (κ2) is 4.70. The third kappa shape index (κ3) is 1.69. The van der Waals surface area contributed by atoms with Crippen molar-refractivity contribution in [3.05, 3.63) is 23.8 Å². The monoisotopic (exact) mass is 367 g/mol. The summed E-state index contributed by atoms with van der Waals surface area (Å²) >= 11 is 0. The molecule has 8 fully saturated rings. The van der Waals surface area contributed by atoms with Gasteiger partial charge in [0.15, 0.2) is 0 Å². The van der Waals surface area contributed by atoms with Gasteiger partial charge in [0.1, 0.15) is 0 Å². The Morgan fingerprint density at radius 2 is 1.80 bits per heavy atom.